The highest BCUT2D eigenvalue weighted by molar-refractivity contribution is 5.91. The molecule has 3 aromatic rings. The predicted octanol–water partition coefficient (Wildman–Crippen LogP) is 4.02. The van der Waals surface area contributed by atoms with Crippen LogP contribution in [0.4, 0.5) is 13.2 Å². The summed E-state index contributed by atoms with van der Waals surface area (Å²) >= 11 is 0. The van der Waals surface area contributed by atoms with Crippen LogP contribution in [0.5, 0.6) is 5.75 Å². The normalized spacial score (nSPS) is 23.4. The van der Waals surface area contributed by atoms with Crippen molar-refractivity contribution in [1.82, 2.24) is 19.5 Å². The molecule has 1 aliphatic carbocycles. The summed E-state index contributed by atoms with van der Waals surface area (Å²) in [6, 6.07) is 9.32. The van der Waals surface area contributed by atoms with Crippen LogP contribution in [0.25, 0.3) is 5.65 Å². The van der Waals surface area contributed by atoms with Crippen molar-refractivity contribution in [3.8, 4) is 5.75 Å². The number of pyridine rings is 1. The van der Waals surface area contributed by atoms with Gasteiger partial charge in [0.1, 0.15) is 5.75 Å². The maximum absolute atomic E-state index is 13.4. The first-order valence-corrected chi connectivity index (χ1v) is 10.2. The second-order valence-electron chi connectivity index (χ2n) is 8.30. The topological polar surface area (TPSA) is 59.7 Å². The number of likely N-dealkylation sites (tertiary alicyclic amines) is 1. The number of methoxy groups -OCH3 is 1. The maximum atomic E-state index is 13.4. The van der Waals surface area contributed by atoms with Gasteiger partial charge in [-0.1, -0.05) is 18.2 Å². The molecular formula is C22H21F3N4O2. The van der Waals surface area contributed by atoms with Gasteiger partial charge in [-0.3, -0.25) is 9.20 Å². The van der Waals surface area contributed by atoms with Crippen molar-refractivity contribution < 1.29 is 22.7 Å². The van der Waals surface area contributed by atoms with E-state index in [1.807, 2.05) is 0 Å². The van der Waals surface area contributed by atoms with Crippen LogP contribution in [0.1, 0.15) is 40.5 Å². The number of nitrogens with zero attached hydrogens (tertiary/aromatic N) is 4. The molecule has 1 saturated carbocycles. The number of aromatic nitrogens is 3. The van der Waals surface area contributed by atoms with Crippen LogP contribution in [0.3, 0.4) is 0 Å². The molecule has 1 amide bonds. The SMILES string of the molecule is COc1ccc2nnc(C(=O)N3C[C@H]4C[C@@H](c5ccccc5C(F)(F)F)C[C@H]4C3)n2c1. The van der Waals surface area contributed by atoms with Crippen molar-refractivity contribution in [2.75, 3.05) is 20.2 Å². The van der Waals surface area contributed by atoms with Gasteiger partial charge in [0.15, 0.2) is 5.65 Å². The molecule has 2 aliphatic rings. The van der Waals surface area contributed by atoms with Crippen molar-refractivity contribution in [3.63, 3.8) is 0 Å². The van der Waals surface area contributed by atoms with Crippen LogP contribution >= 0.6 is 0 Å². The van der Waals surface area contributed by atoms with E-state index in [-0.39, 0.29) is 29.5 Å². The molecule has 3 heterocycles. The summed E-state index contributed by atoms with van der Waals surface area (Å²) in [6.45, 7) is 1.04. The number of alkyl halides is 3. The van der Waals surface area contributed by atoms with E-state index >= 15 is 0 Å². The minimum atomic E-state index is -4.36. The summed E-state index contributed by atoms with van der Waals surface area (Å²) in [6.07, 6.45) is -1.39. The number of carbonyl (C=O) groups is 1. The smallest absolute Gasteiger partial charge is 0.416 e. The van der Waals surface area contributed by atoms with Crippen molar-refractivity contribution in [2.45, 2.75) is 24.9 Å². The van der Waals surface area contributed by atoms with Crippen molar-refractivity contribution in [2.24, 2.45) is 11.8 Å². The second kappa shape index (κ2) is 7.25. The number of fused-ring (bicyclic) bond motifs is 2. The lowest BCUT2D eigenvalue weighted by Gasteiger charge is -2.21. The van der Waals surface area contributed by atoms with Crippen LogP contribution in [0.2, 0.25) is 0 Å². The zero-order chi connectivity index (χ0) is 21.8. The minimum absolute atomic E-state index is 0.136. The number of halogens is 3. The van der Waals surface area contributed by atoms with Crippen molar-refractivity contribution in [3.05, 3.63) is 59.5 Å². The first-order chi connectivity index (χ1) is 14.8. The van der Waals surface area contributed by atoms with Gasteiger partial charge in [-0.05, 0) is 54.4 Å². The van der Waals surface area contributed by atoms with Crippen LogP contribution in [-0.2, 0) is 6.18 Å². The van der Waals surface area contributed by atoms with Gasteiger partial charge in [-0.15, -0.1) is 10.2 Å². The summed E-state index contributed by atoms with van der Waals surface area (Å²) in [5.41, 5.74) is 0.377. The van der Waals surface area contributed by atoms with E-state index in [2.05, 4.69) is 10.2 Å². The average Bonchev–Trinajstić information content (AvgIpc) is 3.45. The van der Waals surface area contributed by atoms with E-state index in [9.17, 15) is 18.0 Å². The van der Waals surface area contributed by atoms with E-state index in [0.717, 1.165) is 6.07 Å². The zero-order valence-corrected chi connectivity index (χ0v) is 16.8. The van der Waals surface area contributed by atoms with Gasteiger partial charge in [-0.25, -0.2) is 0 Å². The summed E-state index contributed by atoms with van der Waals surface area (Å²) in [5.74, 6) is 0.817. The third-order valence-electron chi connectivity index (χ3n) is 6.55. The average molecular weight is 430 g/mol. The molecule has 31 heavy (non-hydrogen) atoms. The monoisotopic (exact) mass is 430 g/mol. The lowest BCUT2D eigenvalue weighted by molar-refractivity contribution is -0.138. The lowest BCUT2D eigenvalue weighted by atomic mass is 9.91. The van der Waals surface area contributed by atoms with Gasteiger partial charge in [-0.2, -0.15) is 13.2 Å². The quantitative estimate of drug-likeness (QED) is 0.630. The Labute approximate surface area is 176 Å². The van der Waals surface area contributed by atoms with Crippen molar-refractivity contribution >= 4 is 11.6 Å². The Bertz CT molecular complexity index is 1130. The molecule has 0 N–H and O–H groups in total. The highest BCUT2D eigenvalue weighted by Gasteiger charge is 2.45. The van der Waals surface area contributed by atoms with E-state index in [0.29, 0.717) is 42.9 Å². The Balaban J connectivity index is 1.33. The van der Waals surface area contributed by atoms with Gasteiger partial charge in [0.05, 0.1) is 18.9 Å². The Morgan fingerprint density at radius 2 is 1.77 bits per heavy atom. The number of hydrogen-bond donors (Lipinski definition) is 0. The molecule has 2 fully saturated rings. The predicted molar refractivity (Wildman–Crippen MR) is 106 cm³/mol. The minimum Gasteiger partial charge on any atom is -0.495 e. The Morgan fingerprint density at radius 1 is 1.06 bits per heavy atom. The standard InChI is InChI=1S/C22H21F3N4O2/c1-31-16-6-7-19-26-27-20(29(19)12-16)21(30)28-10-14-8-13(9-15(14)11-28)17-4-2-3-5-18(17)22(23,24)25/h2-7,12-15H,8-11H2,1H3/t13-,14-,15+. The molecule has 0 radical (unpaired) electrons. The van der Waals surface area contributed by atoms with E-state index in [4.69, 9.17) is 4.74 Å². The first-order valence-electron chi connectivity index (χ1n) is 10.2. The summed E-state index contributed by atoms with van der Waals surface area (Å²) in [5, 5.41) is 8.10. The molecule has 0 spiro atoms. The molecule has 5 rings (SSSR count). The summed E-state index contributed by atoms with van der Waals surface area (Å²) in [4.78, 5) is 14.9. The molecule has 1 saturated heterocycles. The van der Waals surface area contributed by atoms with Gasteiger partial charge >= 0.3 is 6.18 Å². The van der Waals surface area contributed by atoms with E-state index in [1.165, 1.54) is 6.07 Å². The molecule has 3 atom stereocenters. The molecular weight excluding hydrogens is 409 g/mol. The zero-order valence-electron chi connectivity index (χ0n) is 16.8. The van der Waals surface area contributed by atoms with Crippen LogP contribution in [-0.4, -0.2) is 45.6 Å². The molecule has 1 aromatic carbocycles. The largest absolute Gasteiger partial charge is 0.495 e. The van der Waals surface area contributed by atoms with E-state index < -0.39 is 11.7 Å². The van der Waals surface area contributed by atoms with Crippen LogP contribution in [0.15, 0.2) is 42.6 Å². The number of benzene rings is 1. The second-order valence-corrected chi connectivity index (χ2v) is 8.30. The number of carbonyl (C=O) groups excluding carboxylic acids is 1. The highest BCUT2D eigenvalue weighted by atomic mass is 19.4. The fourth-order valence-electron chi connectivity index (χ4n) is 5.11. The third kappa shape index (κ3) is 3.41. The third-order valence-corrected chi connectivity index (χ3v) is 6.55. The molecule has 2 aromatic heterocycles. The van der Waals surface area contributed by atoms with Gasteiger partial charge in [0.25, 0.3) is 5.91 Å². The summed E-state index contributed by atoms with van der Waals surface area (Å²) < 4.78 is 47.1. The van der Waals surface area contributed by atoms with Crippen LogP contribution in [0, 0.1) is 11.8 Å². The molecule has 9 heteroatoms. The number of hydrogen-bond acceptors (Lipinski definition) is 4. The molecule has 0 unspecified atom stereocenters. The highest BCUT2D eigenvalue weighted by Crippen LogP contribution is 2.49. The Morgan fingerprint density at radius 3 is 2.45 bits per heavy atom. The lowest BCUT2D eigenvalue weighted by Crippen LogP contribution is -2.31. The molecule has 0 bridgehead atoms. The molecule has 6 nitrogen and oxygen atoms in total. The maximum Gasteiger partial charge on any atom is 0.416 e. The van der Waals surface area contributed by atoms with Gasteiger partial charge < -0.3 is 9.64 Å². The van der Waals surface area contributed by atoms with Gasteiger partial charge in [0, 0.05) is 13.1 Å². The van der Waals surface area contributed by atoms with Gasteiger partial charge in [0.2, 0.25) is 5.82 Å². The van der Waals surface area contributed by atoms with Crippen LogP contribution < -0.4 is 4.74 Å². The number of amides is 1. The van der Waals surface area contributed by atoms with E-state index in [1.54, 1.807) is 46.9 Å². The fraction of sp³-hybridized carbons (Fsp3) is 0.409. The van der Waals surface area contributed by atoms with Crippen molar-refractivity contribution in [1.29, 1.82) is 0 Å². The Kier molecular flexibility index (Phi) is 4.64. The number of ether oxygens (including phenoxy) is 1. The fourth-order valence-corrected chi connectivity index (χ4v) is 5.11. The number of rotatable bonds is 3. The Hall–Kier alpha value is -3.10. The first kappa shape index (κ1) is 19.8. The molecule has 162 valence electrons. The molecule has 1 aliphatic heterocycles. The summed E-state index contributed by atoms with van der Waals surface area (Å²) in [7, 11) is 1.54.